The Labute approximate surface area is 104 Å². The van der Waals surface area contributed by atoms with Gasteiger partial charge in [0, 0.05) is 6.42 Å². The van der Waals surface area contributed by atoms with E-state index < -0.39 is 29.7 Å². The predicted molar refractivity (Wildman–Crippen MR) is 62.2 cm³/mol. The van der Waals surface area contributed by atoms with Gasteiger partial charge in [-0.15, -0.1) is 0 Å². The van der Waals surface area contributed by atoms with Crippen LogP contribution >= 0.6 is 12.6 Å². The molecule has 0 aliphatic heterocycles. The fraction of sp³-hybridized carbons (Fsp3) is 0.700. The van der Waals surface area contributed by atoms with Gasteiger partial charge in [0.1, 0.15) is 0 Å². The predicted octanol–water partition coefficient (Wildman–Crippen LogP) is 0.963. The molecule has 0 saturated carbocycles. The molecule has 0 radical (unpaired) electrons. The number of hydrogen-bond acceptors (Lipinski definition) is 4. The number of carboxylic acid groups (broad SMARTS) is 3. The van der Waals surface area contributed by atoms with E-state index in [-0.39, 0.29) is 25.7 Å². The summed E-state index contributed by atoms with van der Waals surface area (Å²) in [6.45, 7) is 0. The molecule has 0 aromatic rings. The van der Waals surface area contributed by atoms with Crippen molar-refractivity contribution in [2.45, 2.75) is 25.7 Å². The molecular weight excluding hydrogens is 248 g/mol. The second kappa shape index (κ2) is 7.94. The third-order valence-electron chi connectivity index (χ3n) is 2.45. The normalized spacial score (nSPS) is 13.9. The third kappa shape index (κ3) is 6.83. The van der Waals surface area contributed by atoms with Crippen molar-refractivity contribution >= 4 is 30.5 Å². The lowest BCUT2D eigenvalue weighted by molar-refractivity contribution is -0.146. The molecule has 0 heterocycles. The molecule has 0 fully saturated rings. The van der Waals surface area contributed by atoms with E-state index in [9.17, 15) is 14.4 Å². The zero-order valence-corrected chi connectivity index (χ0v) is 10.1. The first-order valence-electron chi connectivity index (χ1n) is 5.16. The second-order valence-corrected chi connectivity index (χ2v) is 4.20. The number of thiol groups is 1. The second-order valence-electron chi connectivity index (χ2n) is 3.75. The van der Waals surface area contributed by atoms with Gasteiger partial charge in [0.15, 0.2) is 0 Å². The van der Waals surface area contributed by atoms with Gasteiger partial charge in [0.25, 0.3) is 0 Å². The van der Waals surface area contributed by atoms with E-state index in [0.29, 0.717) is 5.75 Å². The maximum Gasteiger partial charge on any atom is 0.306 e. The Hall–Kier alpha value is -1.24. The van der Waals surface area contributed by atoms with Crippen LogP contribution in [0, 0.1) is 11.8 Å². The minimum absolute atomic E-state index is 0.0545. The number of carboxylic acids is 3. The average molecular weight is 264 g/mol. The highest BCUT2D eigenvalue weighted by atomic mass is 32.1. The van der Waals surface area contributed by atoms with Crippen LogP contribution in [0.4, 0.5) is 0 Å². The highest BCUT2D eigenvalue weighted by molar-refractivity contribution is 7.80. The van der Waals surface area contributed by atoms with Crippen molar-refractivity contribution in [1.29, 1.82) is 0 Å². The molecule has 7 heteroatoms. The number of carbonyl (C=O) groups is 3. The molecule has 0 aromatic carbocycles. The maximum atomic E-state index is 10.9. The van der Waals surface area contributed by atoms with Crippen LogP contribution in [0.1, 0.15) is 25.7 Å². The van der Waals surface area contributed by atoms with E-state index in [1.54, 1.807) is 0 Å². The molecule has 6 nitrogen and oxygen atoms in total. The smallest absolute Gasteiger partial charge is 0.306 e. The Morgan fingerprint density at radius 1 is 0.941 bits per heavy atom. The average Bonchev–Trinajstić information content (AvgIpc) is 2.21. The summed E-state index contributed by atoms with van der Waals surface area (Å²) < 4.78 is 0. The molecule has 3 N–H and O–H groups in total. The van der Waals surface area contributed by atoms with Gasteiger partial charge in [-0.1, -0.05) is 0 Å². The lowest BCUT2D eigenvalue weighted by Gasteiger charge is -2.16. The van der Waals surface area contributed by atoms with Gasteiger partial charge in [-0.2, -0.15) is 12.6 Å². The summed E-state index contributed by atoms with van der Waals surface area (Å²) in [5.74, 6) is -4.69. The van der Waals surface area contributed by atoms with E-state index in [4.69, 9.17) is 15.3 Å². The molecule has 0 aliphatic carbocycles. The molecule has 2 atom stereocenters. The van der Waals surface area contributed by atoms with Crippen molar-refractivity contribution in [1.82, 2.24) is 0 Å². The standard InChI is InChI=1S/C10H16O6S/c11-8(12)2-1-6(9(13)14)5-7(3-4-17)10(15)16/h6-7,17H,1-5H2,(H,11,12)(H,13,14)(H,15,16). The van der Waals surface area contributed by atoms with E-state index in [2.05, 4.69) is 12.6 Å². The van der Waals surface area contributed by atoms with Crippen molar-refractivity contribution in [3.05, 3.63) is 0 Å². The van der Waals surface area contributed by atoms with E-state index in [1.165, 1.54) is 0 Å². The van der Waals surface area contributed by atoms with Gasteiger partial charge in [0.05, 0.1) is 11.8 Å². The monoisotopic (exact) mass is 264 g/mol. The molecule has 17 heavy (non-hydrogen) atoms. The van der Waals surface area contributed by atoms with Crippen LogP contribution < -0.4 is 0 Å². The molecule has 0 saturated heterocycles. The van der Waals surface area contributed by atoms with Crippen LogP contribution in [0.2, 0.25) is 0 Å². The first kappa shape index (κ1) is 15.8. The van der Waals surface area contributed by atoms with Crippen molar-refractivity contribution < 1.29 is 29.7 Å². The minimum Gasteiger partial charge on any atom is -0.481 e. The summed E-state index contributed by atoms with van der Waals surface area (Å²) in [7, 11) is 0. The molecule has 0 spiro atoms. The molecular formula is C10H16O6S. The van der Waals surface area contributed by atoms with Crippen LogP contribution in [0.25, 0.3) is 0 Å². The number of rotatable bonds is 9. The first-order valence-corrected chi connectivity index (χ1v) is 5.80. The van der Waals surface area contributed by atoms with Gasteiger partial charge in [-0.05, 0) is 25.0 Å². The maximum absolute atomic E-state index is 10.9. The summed E-state index contributed by atoms with van der Waals surface area (Å²) >= 11 is 3.91. The molecule has 0 aliphatic rings. The largest absolute Gasteiger partial charge is 0.481 e. The molecule has 0 aromatic heterocycles. The van der Waals surface area contributed by atoms with Gasteiger partial charge < -0.3 is 15.3 Å². The van der Waals surface area contributed by atoms with Gasteiger partial charge in [-0.25, -0.2) is 0 Å². The summed E-state index contributed by atoms with van der Waals surface area (Å²) in [5.41, 5.74) is 0. The Morgan fingerprint density at radius 2 is 1.41 bits per heavy atom. The van der Waals surface area contributed by atoms with Crippen LogP contribution in [0.3, 0.4) is 0 Å². The Morgan fingerprint density at radius 3 is 1.76 bits per heavy atom. The molecule has 98 valence electrons. The summed E-state index contributed by atoms with van der Waals surface area (Å²) in [4.78, 5) is 32.1. The van der Waals surface area contributed by atoms with Crippen LogP contribution in [-0.4, -0.2) is 39.0 Å². The van der Waals surface area contributed by atoms with Gasteiger partial charge >= 0.3 is 17.9 Å². The zero-order valence-electron chi connectivity index (χ0n) is 9.20. The van der Waals surface area contributed by atoms with E-state index in [1.807, 2.05) is 0 Å². The molecule has 0 rings (SSSR count). The highest BCUT2D eigenvalue weighted by Crippen LogP contribution is 2.21. The summed E-state index contributed by atoms with van der Waals surface area (Å²) in [6, 6.07) is 0. The minimum atomic E-state index is -1.16. The van der Waals surface area contributed by atoms with Gasteiger partial charge in [0.2, 0.25) is 0 Å². The van der Waals surface area contributed by atoms with Crippen molar-refractivity contribution in [3.63, 3.8) is 0 Å². The topological polar surface area (TPSA) is 112 Å². The molecule has 0 amide bonds. The number of hydrogen-bond donors (Lipinski definition) is 4. The zero-order chi connectivity index (χ0) is 13.4. The van der Waals surface area contributed by atoms with E-state index in [0.717, 1.165) is 0 Å². The van der Waals surface area contributed by atoms with Crippen LogP contribution in [-0.2, 0) is 14.4 Å². The van der Waals surface area contributed by atoms with E-state index >= 15 is 0 Å². The lowest BCUT2D eigenvalue weighted by atomic mass is 9.89. The fourth-order valence-corrected chi connectivity index (χ4v) is 1.79. The van der Waals surface area contributed by atoms with Gasteiger partial charge in [-0.3, -0.25) is 14.4 Å². The summed E-state index contributed by atoms with van der Waals surface area (Å²) in [6.07, 6.45) is -0.112. The fourth-order valence-electron chi connectivity index (χ4n) is 1.48. The number of aliphatic carboxylic acids is 3. The first-order chi connectivity index (χ1) is 7.88. The SMILES string of the molecule is O=C(O)CCC(CC(CCS)C(=O)O)C(=O)O. The Bertz CT molecular complexity index is 291. The summed E-state index contributed by atoms with van der Waals surface area (Å²) in [5, 5.41) is 26.2. The molecule has 2 unspecified atom stereocenters. The van der Waals surface area contributed by atoms with Crippen molar-refractivity contribution in [3.8, 4) is 0 Å². The Kier molecular flexibility index (Phi) is 7.36. The van der Waals surface area contributed by atoms with Crippen LogP contribution in [0.5, 0.6) is 0 Å². The quantitative estimate of drug-likeness (QED) is 0.461. The van der Waals surface area contributed by atoms with Crippen molar-refractivity contribution in [2.75, 3.05) is 5.75 Å². The third-order valence-corrected chi connectivity index (χ3v) is 2.71. The van der Waals surface area contributed by atoms with Crippen LogP contribution in [0.15, 0.2) is 0 Å². The lowest BCUT2D eigenvalue weighted by Crippen LogP contribution is -2.24. The van der Waals surface area contributed by atoms with Crippen molar-refractivity contribution in [2.24, 2.45) is 11.8 Å². The highest BCUT2D eigenvalue weighted by Gasteiger charge is 2.26. The Balaban J connectivity index is 4.44. The molecule has 0 bridgehead atoms.